The lowest BCUT2D eigenvalue weighted by atomic mass is 10.2. The van der Waals surface area contributed by atoms with Crippen molar-refractivity contribution in [3.63, 3.8) is 0 Å². The summed E-state index contributed by atoms with van der Waals surface area (Å²) >= 11 is 0. The second-order valence-corrected chi connectivity index (χ2v) is 6.23. The van der Waals surface area contributed by atoms with Gasteiger partial charge in [0.15, 0.2) is 0 Å². The Morgan fingerprint density at radius 2 is 1.85 bits per heavy atom. The van der Waals surface area contributed by atoms with Crippen molar-refractivity contribution >= 4 is 17.4 Å². The number of rotatable bonds is 3. The summed E-state index contributed by atoms with van der Waals surface area (Å²) in [4.78, 5) is 20.5. The summed E-state index contributed by atoms with van der Waals surface area (Å²) in [5, 5.41) is 2.83. The maximum atomic E-state index is 12.8. The first-order chi connectivity index (χ1) is 12.3. The van der Waals surface area contributed by atoms with E-state index in [1.54, 1.807) is 17.0 Å². The van der Waals surface area contributed by atoms with Crippen LogP contribution in [0.4, 0.5) is 24.7 Å². The molecule has 1 saturated heterocycles. The van der Waals surface area contributed by atoms with Gasteiger partial charge in [0.2, 0.25) is 0 Å². The number of hydrogen-bond donors (Lipinski definition) is 1. The number of likely N-dealkylation sites (N-methyl/N-ethyl adjacent to an activating group) is 1. The van der Waals surface area contributed by atoms with Crippen molar-refractivity contribution in [1.82, 2.24) is 14.8 Å². The van der Waals surface area contributed by atoms with Crippen LogP contribution >= 0.6 is 0 Å². The Hall–Kier alpha value is -2.61. The van der Waals surface area contributed by atoms with Crippen molar-refractivity contribution in [2.24, 2.45) is 0 Å². The molecule has 1 aliphatic heterocycles. The molecule has 0 bridgehead atoms. The molecule has 0 aliphatic carbocycles. The van der Waals surface area contributed by atoms with Crippen molar-refractivity contribution in [3.05, 3.63) is 53.7 Å². The summed E-state index contributed by atoms with van der Waals surface area (Å²) < 4.78 is 38.3. The van der Waals surface area contributed by atoms with Crippen LogP contribution in [0.15, 0.2) is 42.6 Å². The number of carbonyl (C=O) groups is 1. The lowest BCUT2D eigenvalue weighted by Crippen LogP contribution is -2.47. The zero-order chi connectivity index (χ0) is 18.7. The molecule has 0 atom stereocenters. The SMILES string of the molecule is CN1CCN(C(=O)c2ccc(Nc3cccc(C(F)(F)F)c3)nc2)CC1. The molecule has 1 aliphatic rings. The van der Waals surface area contributed by atoms with Gasteiger partial charge in [-0.2, -0.15) is 13.2 Å². The van der Waals surface area contributed by atoms with Gasteiger partial charge in [-0.05, 0) is 37.4 Å². The molecule has 8 heteroatoms. The minimum atomic E-state index is -4.40. The molecule has 0 spiro atoms. The lowest BCUT2D eigenvalue weighted by Gasteiger charge is -2.32. The molecule has 1 fully saturated rings. The standard InChI is InChI=1S/C18H19F3N4O/c1-24-7-9-25(10-8-24)17(26)13-5-6-16(22-12-13)23-15-4-2-3-14(11-15)18(19,20)21/h2-6,11-12H,7-10H2,1H3,(H,22,23). The molecule has 26 heavy (non-hydrogen) atoms. The molecule has 1 aromatic carbocycles. The van der Waals surface area contributed by atoms with Crippen LogP contribution in [0, 0.1) is 0 Å². The Kier molecular flexibility index (Phi) is 5.13. The molecule has 138 valence electrons. The highest BCUT2D eigenvalue weighted by Crippen LogP contribution is 2.31. The van der Waals surface area contributed by atoms with Crippen LogP contribution in [0.25, 0.3) is 0 Å². The Morgan fingerprint density at radius 3 is 2.46 bits per heavy atom. The van der Waals surface area contributed by atoms with E-state index in [1.165, 1.54) is 18.3 Å². The van der Waals surface area contributed by atoms with Crippen LogP contribution in [0.5, 0.6) is 0 Å². The summed E-state index contributed by atoms with van der Waals surface area (Å²) in [6.45, 7) is 2.99. The summed E-state index contributed by atoms with van der Waals surface area (Å²) in [5.41, 5.74) is 0.0129. The first-order valence-corrected chi connectivity index (χ1v) is 8.21. The van der Waals surface area contributed by atoms with E-state index in [-0.39, 0.29) is 11.6 Å². The molecule has 5 nitrogen and oxygen atoms in total. The number of carbonyl (C=O) groups excluding carboxylic acids is 1. The van der Waals surface area contributed by atoms with Crippen molar-refractivity contribution < 1.29 is 18.0 Å². The highest BCUT2D eigenvalue weighted by atomic mass is 19.4. The number of piperazine rings is 1. The third kappa shape index (κ3) is 4.32. The number of hydrogen-bond acceptors (Lipinski definition) is 4. The molecule has 2 aromatic rings. The fourth-order valence-electron chi connectivity index (χ4n) is 2.71. The largest absolute Gasteiger partial charge is 0.416 e. The Bertz CT molecular complexity index is 769. The number of halogens is 3. The number of benzene rings is 1. The quantitative estimate of drug-likeness (QED) is 0.909. The normalized spacial score (nSPS) is 15.8. The molecule has 3 rings (SSSR count). The summed E-state index contributed by atoms with van der Waals surface area (Å²) in [6.07, 6.45) is -2.96. The van der Waals surface area contributed by atoms with E-state index in [0.29, 0.717) is 24.5 Å². The molecule has 0 unspecified atom stereocenters. The van der Waals surface area contributed by atoms with Crippen molar-refractivity contribution in [1.29, 1.82) is 0 Å². The molecule has 1 amide bonds. The second kappa shape index (κ2) is 7.33. The average Bonchev–Trinajstić information content (AvgIpc) is 2.62. The number of alkyl halides is 3. The number of anilines is 2. The molecule has 0 saturated carbocycles. The van der Waals surface area contributed by atoms with Crippen LogP contribution in [0.1, 0.15) is 15.9 Å². The predicted octanol–water partition coefficient (Wildman–Crippen LogP) is 3.23. The van der Waals surface area contributed by atoms with Crippen LogP contribution in [-0.4, -0.2) is 53.9 Å². The van der Waals surface area contributed by atoms with Gasteiger partial charge in [0.25, 0.3) is 5.91 Å². The first-order valence-electron chi connectivity index (χ1n) is 8.21. The van der Waals surface area contributed by atoms with Crippen LogP contribution in [0.2, 0.25) is 0 Å². The Morgan fingerprint density at radius 1 is 1.12 bits per heavy atom. The average molecular weight is 364 g/mol. The molecule has 0 radical (unpaired) electrons. The van der Waals surface area contributed by atoms with Crippen molar-refractivity contribution in [3.8, 4) is 0 Å². The third-order valence-corrected chi connectivity index (χ3v) is 4.26. The third-order valence-electron chi connectivity index (χ3n) is 4.26. The highest BCUT2D eigenvalue weighted by molar-refractivity contribution is 5.94. The summed E-state index contributed by atoms with van der Waals surface area (Å²) in [6, 6.07) is 8.10. The molecular formula is C18H19F3N4O. The molecular weight excluding hydrogens is 345 g/mol. The number of amides is 1. The van der Waals surface area contributed by atoms with Crippen LogP contribution in [0.3, 0.4) is 0 Å². The zero-order valence-electron chi connectivity index (χ0n) is 14.3. The number of aromatic nitrogens is 1. The number of nitrogens with one attached hydrogen (secondary N) is 1. The van der Waals surface area contributed by atoms with Gasteiger partial charge in [0.05, 0.1) is 11.1 Å². The van der Waals surface area contributed by atoms with Gasteiger partial charge in [0, 0.05) is 38.1 Å². The van der Waals surface area contributed by atoms with Gasteiger partial charge < -0.3 is 15.1 Å². The van der Waals surface area contributed by atoms with Gasteiger partial charge in [-0.15, -0.1) is 0 Å². The number of nitrogens with zero attached hydrogens (tertiary/aromatic N) is 3. The smallest absolute Gasteiger partial charge is 0.340 e. The van der Waals surface area contributed by atoms with Gasteiger partial charge in [-0.1, -0.05) is 6.07 Å². The topological polar surface area (TPSA) is 48.5 Å². The van der Waals surface area contributed by atoms with Gasteiger partial charge in [0.1, 0.15) is 5.82 Å². The Labute approximate surface area is 149 Å². The maximum Gasteiger partial charge on any atom is 0.416 e. The van der Waals surface area contributed by atoms with E-state index >= 15 is 0 Å². The minimum absolute atomic E-state index is 0.0868. The summed E-state index contributed by atoms with van der Waals surface area (Å²) in [5.74, 6) is 0.287. The van der Waals surface area contributed by atoms with E-state index in [4.69, 9.17) is 0 Å². The minimum Gasteiger partial charge on any atom is -0.340 e. The fourth-order valence-corrected chi connectivity index (χ4v) is 2.71. The van der Waals surface area contributed by atoms with Gasteiger partial charge >= 0.3 is 6.18 Å². The van der Waals surface area contributed by atoms with E-state index in [0.717, 1.165) is 25.2 Å². The van der Waals surface area contributed by atoms with E-state index in [1.807, 2.05) is 7.05 Å². The summed E-state index contributed by atoms with van der Waals surface area (Å²) in [7, 11) is 2.01. The van der Waals surface area contributed by atoms with Crippen LogP contribution < -0.4 is 5.32 Å². The van der Waals surface area contributed by atoms with Crippen molar-refractivity contribution in [2.45, 2.75) is 6.18 Å². The maximum absolute atomic E-state index is 12.8. The van der Waals surface area contributed by atoms with Gasteiger partial charge in [-0.25, -0.2) is 4.98 Å². The van der Waals surface area contributed by atoms with E-state index < -0.39 is 11.7 Å². The Balaban J connectivity index is 1.67. The van der Waals surface area contributed by atoms with Crippen LogP contribution in [-0.2, 0) is 6.18 Å². The molecule has 2 heterocycles. The second-order valence-electron chi connectivity index (χ2n) is 6.23. The van der Waals surface area contributed by atoms with E-state index in [2.05, 4.69) is 15.2 Å². The monoisotopic (exact) mass is 364 g/mol. The van der Waals surface area contributed by atoms with Crippen molar-refractivity contribution in [2.75, 3.05) is 38.5 Å². The predicted molar refractivity (Wildman–Crippen MR) is 92.4 cm³/mol. The van der Waals surface area contributed by atoms with Gasteiger partial charge in [-0.3, -0.25) is 4.79 Å². The first kappa shape index (κ1) is 18.2. The molecule has 1 N–H and O–H groups in total. The number of pyridine rings is 1. The van der Waals surface area contributed by atoms with E-state index in [9.17, 15) is 18.0 Å². The zero-order valence-corrected chi connectivity index (χ0v) is 14.3. The highest BCUT2D eigenvalue weighted by Gasteiger charge is 2.30. The fraction of sp³-hybridized carbons (Fsp3) is 0.333. The lowest BCUT2D eigenvalue weighted by molar-refractivity contribution is -0.137. The molecule has 1 aromatic heterocycles.